The summed E-state index contributed by atoms with van der Waals surface area (Å²) in [6, 6.07) is 0. The van der Waals surface area contributed by atoms with Crippen LogP contribution in [0.15, 0.2) is 4.99 Å². The van der Waals surface area contributed by atoms with Crippen LogP contribution in [-0.2, 0) is 0 Å². The van der Waals surface area contributed by atoms with Gasteiger partial charge in [-0.3, -0.25) is 10.7 Å². The topological polar surface area (TPSA) is 36.2 Å². The molecule has 6 heavy (non-hydrogen) atoms. The van der Waals surface area contributed by atoms with Crippen molar-refractivity contribution in [3.05, 3.63) is 0 Å². The summed E-state index contributed by atoms with van der Waals surface area (Å²) in [6.07, 6.45) is 0. The number of nitrogens with one attached hydrogen (secondary N) is 1. The second kappa shape index (κ2) is 1.51. The van der Waals surface area contributed by atoms with Gasteiger partial charge in [-0.2, -0.15) is 0 Å². The Balaban J connectivity index is 2.45. The lowest BCUT2D eigenvalue weighted by Crippen LogP contribution is -1.82. The van der Waals surface area contributed by atoms with E-state index in [1.54, 1.807) is 0 Å². The summed E-state index contributed by atoms with van der Waals surface area (Å²) in [5.74, 6) is 1.01. The number of hydrogen-bond donors (Lipinski definition) is 0. The molecule has 0 atom stereocenters. The zero-order valence-electron chi connectivity index (χ0n) is 3.27. The van der Waals surface area contributed by atoms with Crippen molar-refractivity contribution in [3.63, 3.8) is 0 Å². The molecule has 1 N–H and O–H groups in total. The first-order valence-electron chi connectivity index (χ1n) is 1.78. The minimum absolute atomic E-state index is 0.495. The van der Waals surface area contributed by atoms with E-state index in [4.69, 9.17) is 5.73 Å². The molecular formula is C3H5N2S. The third-order valence-corrected chi connectivity index (χ3v) is 1.37. The molecule has 1 radical (unpaired) electrons. The van der Waals surface area contributed by atoms with E-state index in [0.717, 1.165) is 12.3 Å². The Morgan fingerprint density at radius 2 is 2.67 bits per heavy atom. The predicted octanol–water partition coefficient (Wildman–Crippen LogP) is 0.372. The van der Waals surface area contributed by atoms with Crippen LogP contribution < -0.4 is 5.73 Å². The molecule has 0 saturated carbocycles. The molecule has 1 rings (SSSR count). The lowest BCUT2D eigenvalue weighted by molar-refractivity contribution is 1.17. The van der Waals surface area contributed by atoms with Gasteiger partial charge >= 0.3 is 0 Å². The third kappa shape index (κ3) is 0.653. The molecule has 0 bridgehead atoms. The largest absolute Gasteiger partial charge is 0.277 e. The van der Waals surface area contributed by atoms with Gasteiger partial charge < -0.3 is 0 Å². The van der Waals surface area contributed by atoms with Crippen LogP contribution in [0.2, 0.25) is 0 Å². The standard InChI is InChI=1S/C3H5N2S/c4-3-5-1-2-6-3/h4H,1-2H2. The summed E-state index contributed by atoms with van der Waals surface area (Å²) < 4.78 is 0. The molecule has 0 aromatic rings. The van der Waals surface area contributed by atoms with Crippen molar-refractivity contribution in [2.75, 3.05) is 12.3 Å². The van der Waals surface area contributed by atoms with E-state index < -0.39 is 0 Å². The van der Waals surface area contributed by atoms with Gasteiger partial charge in [0.15, 0.2) is 5.17 Å². The highest BCUT2D eigenvalue weighted by molar-refractivity contribution is 8.14. The molecule has 0 amide bonds. The van der Waals surface area contributed by atoms with Crippen molar-refractivity contribution in [3.8, 4) is 0 Å². The molecule has 0 saturated heterocycles. The normalized spacial score (nSPS) is 21.0. The summed E-state index contributed by atoms with van der Waals surface area (Å²) in [5.41, 5.74) is 6.84. The Labute approximate surface area is 40.8 Å². The molecule has 0 aliphatic carbocycles. The van der Waals surface area contributed by atoms with Gasteiger partial charge in [0.2, 0.25) is 0 Å². The molecule has 2 nitrogen and oxygen atoms in total. The van der Waals surface area contributed by atoms with Crippen molar-refractivity contribution in [2.24, 2.45) is 4.99 Å². The highest BCUT2D eigenvalue weighted by atomic mass is 32.2. The van der Waals surface area contributed by atoms with Gasteiger partial charge in [0.1, 0.15) is 0 Å². The molecule has 0 unspecified atom stereocenters. The Morgan fingerprint density at radius 3 is 2.83 bits per heavy atom. The average Bonchev–Trinajstić information content (AvgIpc) is 1.86. The van der Waals surface area contributed by atoms with Crippen molar-refractivity contribution >= 4 is 16.9 Å². The van der Waals surface area contributed by atoms with E-state index in [1.165, 1.54) is 11.8 Å². The maximum Gasteiger partial charge on any atom is 0.175 e. The first kappa shape index (κ1) is 3.99. The fraction of sp³-hybridized carbons (Fsp3) is 0.667. The van der Waals surface area contributed by atoms with Gasteiger partial charge in [0, 0.05) is 5.75 Å². The van der Waals surface area contributed by atoms with Crippen LogP contribution >= 0.6 is 11.8 Å². The van der Waals surface area contributed by atoms with Gasteiger partial charge in [-0.15, -0.1) is 0 Å². The SMILES string of the molecule is [NH]C1=NCCS1. The van der Waals surface area contributed by atoms with Gasteiger partial charge in [-0.1, -0.05) is 11.8 Å². The van der Waals surface area contributed by atoms with E-state index in [9.17, 15) is 0 Å². The van der Waals surface area contributed by atoms with Gasteiger partial charge in [-0.25, -0.2) is 0 Å². The molecule has 1 aliphatic rings. The van der Waals surface area contributed by atoms with Crippen LogP contribution in [0.4, 0.5) is 0 Å². The summed E-state index contributed by atoms with van der Waals surface area (Å²) >= 11 is 1.51. The summed E-state index contributed by atoms with van der Waals surface area (Å²) in [6.45, 7) is 0.851. The van der Waals surface area contributed by atoms with Crippen LogP contribution in [0.5, 0.6) is 0 Å². The molecule has 1 aliphatic heterocycles. The lowest BCUT2D eigenvalue weighted by atomic mass is 10.8. The van der Waals surface area contributed by atoms with E-state index >= 15 is 0 Å². The predicted molar refractivity (Wildman–Crippen MR) is 27.9 cm³/mol. The number of aliphatic imine (C=N–C) groups is 1. The van der Waals surface area contributed by atoms with Crippen LogP contribution in [0, 0.1) is 0 Å². The number of rotatable bonds is 0. The number of nitrogens with zero attached hydrogens (tertiary/aromatic N) is 1. The highest BCUT2D eigenvalue weighted by Crippen LogP contribution is 2.06. The molecule has 3 heteroatoms. The second-order valence-electron chi connectivity index (χ2n) is 1.04. The van der Waals surface area contributed by atoms with E-state index in [0.29, 0.717) is 5.17 Å². The van der Waals surface area contributed by atoms with Crippen LogP contribution in [0.3, 0.4) is 0 Å². The molecule has 1 heterocycles. The molecule has 0 aromatic carbocycles. The maximum absolute atomic E-state index is 6.84. The molecular weight excluding hydrogens is 96.1 g/mol. The fourth-order valence-electron chi connectivity index (χ4n) is 0.335. The zero-order chi connectivity index (χ0) is 4.41. The summed E-state index contributed by atoms with van der Waals surface area (Å²) in [5, 5.41) is 0.495. The Bertz CT molecular complexity index is 78.9. The number of thioether (sulfide) groups is 1. The van der Waals surface area contributed by atoms with Crippen molar-refractivity contribution in [1.82, 2.24) is 5.73 Å². The van der Waals surface area contributed by atoms with E-state index in [-0.39, 0.29) is 0 Å². The fourth-order valence-corrected chi connectivity index (χ4v) is 0.894. The average molecular weight is 101 g/mol. The Kier molecular flexibility index (Phi) is 1.01. The Hall–Kier alpha value is -0.180. The first-order valence-corrected chi connectivity index (χ1v) is 2.77. The molecule has 33 valence electrons. The van der Waals surface area contributed by atoms with Gasteiger partial charge in [-0.05, 0) is 0 Å². The van der Waals surface area contributed by atoms with E-state index in [1.807, 2.05) is 0 Å². The zero-order valence-corrected chi connectivity index (χ0v) is 4.09. The quantitative estimate of drug-likeness (QED) is 0.434. The number of amidine groups is 1. The number of hydrogen-bond acceptors (Lipinski definition) is 2. The van der Waals surface area contributed by atoms with Crippen LogP contribution in [0.1, 0.15) is 0 Å². The van der Waals surface area contributed by atoms with Crippen molar-refractivity contribution in [1.29, 1.82) is 0 Å². The van der Waals surface area contributed by atoms with Crippen molar-refractivity contribution in [2.45, 2.75) is 0 Å². The third-order valence-electron chi connectivity index (χ3n) is 0.585. The van der Waals surface area contributed by atoms with E-state index in [2.05, 4.69) is 4.99 Å². The van der Waals surface area contributed by atoms with Gasteiger partial charge in [0.25, 0.3) is 0 Å². The van der Waals surface area contributed by atoms with Gasteiger partial charge in [0.05, 0.1) is 6.54 Å². The minimum Gasteiger partial charge on any atom is -0.277 e. The second-order valence-corrected chi connectivity index (χ2v) is 2.12. The van der Waals surface area contributed by atoms with Crippen LogP contribution in [0.25, 0.3) is 0 Å². The smallest absolute Gasteiger partial charge is 0.175 e. The minimum atomic E-state index is 0.495. The lowest BCUT2D eigenvalue weighted by Gasteiger charge is -1.75. The Morgan fingerprint density at radius 1 is 1.83 bits per heavy atom. The maximum atomic E-state index is 6.84. The highest BCUT2D eigenvalue weighted by Gasteiger charge is 1.99. The van der Waals surface area contributed by atoms with Crippen LogP contribution in [-0.4, -0.2) is 17.5 Å². The molecule has 0 aromatic heterocycles. The summed E-state index contributed by atoms with van der Waals surface area (Å²) in [7, 11) is 0. The molecule has 0 fully saturated rings. The monoisotopic (exact) mass is 101 g/mol. The summed E-state index contributed by atoms with van der Waals surface area (Å²) in [4.78, 5) is 3.78. The van der Waals surface area contributed by atoms with Crippen molar-refractivity contribution < 1.29 is 0 Å². The molecule has 0 spiro atoms. The first-order chi connectivity index (χ1) is 2.89.